The fraction of sp³-hybridized carbons (Fsp3) is 0. The molecule has 0 amide bonds. The summed E-state index contributed by atoms with van der Waals surface area (Å²) in [5.74, 6) is 0. The summed E-state index contributed by atoms with van der Waals surface area (Å²) in [5.41, 5.74) is 0. The van der Waals surface area contributed by atoms with E-state index in [9.17, 15) is 0 Å². The maximum absolute atomic E-state index is 4.64. The van der Waals surface area contributed by atoms with Crippen LogP contribution in [0.25, 0.3) is 0 Å². The third-order valence-electron chi connectivity index (χ3n) is 0. The van der Waals surface area contributed by atoms with Gasteiger partial charge in [-0.25, -0.2) is 0 Å². The number of hydrogen-bond acceptors (Lipinski definition) is 0. The maximum atomic E-state index is 4.64. The molecule has 0 aromatic carbocycles. The first kappa shape index (κ1) is 17.5. The van der Waals surface area contributed by atoms with Crippen LogP contribution in [-0.4, -0.2) is 59.1 Å². The molecule has 0 aliphatic carbocycles. The zero-order valence-corrected chi connectivity index (χ0v) is 8.32. The predicted molar refractivity (Wildman–Crippen MR) is 35.6 cm³/mol. The molecule has 0 rings (SSSR count). The quantitative estimate of drug-likeness (QED) is 0.379. The Kier molecular flexibility index (Phi) is 101. The summed E-state index contributed by atoms with van der Waals surface area (Å²) in [6, 6.07) is 0. The van der Waals surface area contributed by atoms with Gasteiger partial charge in [0.2, 0.25) is 0 Å². The summed E-state index contributed by atoms with van der Waals surface area (Å²) in [6.07, 6.45) is 0. The standard InChI is InChI=1S/BH3Si.GeH4.Sn.2H/c1-2;;;;/h2H3;1H4;;;. The summed E-state index contributed by atoms with van der Waals surface area (Å²) in [6.45, 7) is 0. The van der Waals surface area contributed by atoms with Crippen molar-refractivity contribution >= 4 is 59.1 Å². The van der Waals surface area contributed by atoms with Crippen molar-refractivity contribution in [2.75, 3.05) is 0 Å². The van der Waals surface area contributed by atoms with Crippen molar-refractivity contribution < 1.29 is 0 Å². The predicted octanol–water partition coefficient (Wildman–Crippen LogP) is -3.93. The Morgan fingerprint density at radius 3 is 1.25 bits per heavy atom. The van der Waals surface area contributed by atoms with Crippen LogP contribution in [0, 0.1) is 0 Å². The first-order valence-corrected chi connectivity index (χ1v) is 1.73. The van der Waals surface area contributed by atoms with Crippen LogP contribution in [0.2, 0.25) is 0 Å². The molecule has 0 N–H and O–H groups in total. The molecule has 24 valence electrons. The van der Waals surface area contributed by atoms with E-state index in [1.165, 1.54) is 0 Å². The van der Waals surface area contributed by atoms with Crippen molar-refractivity contribution in [2.45, 2.75) is 0 Å². The molecule has 0 fully saturated rings. The molecule has 4 radical (unpaired) electrons. The molecule has 0 heterocycles. The van der Waals surface area contributed by atoms with Crippen molar-refractivity contribution in [3.8, 4) is 0 Å². The van der Waals surface area contributed by atoms with E-state index in [4.69, 9.17) is 0 Å². The van der Waals surface area contributed by atoms with E-state index in [0.29, 0.717) is 0 Å². The molecule has 0 aliphatic heterocycles. The van der Waals surface area contributed by atoms with Gasteiger partial charge < -0.3 is 0 Å². The molecular formula is H9BGeSiSn. The minimum atomic E-state index is 0. The van der Waals surface area contributed by atoms with E-state index in [1.54, 1.807) is 0 Å². The van der Waals surface area contributed by atoms with E-state index >= 15 is 0 Å². The second-order valence-corrected chi connectivity index (χ2v) is 0. The molecule has 0 saturated carbocycles. The van der Waals surface area contributed by atoms with Crippen LogP contribution in [-0.2, 0) is 0 Å². The molecule has 0 atom stereocenters. The summed E-state index contributed by atoms with van der Waals surface area (Å²) >= 11 is 0. The van der Waals surface area contributed by atoms with E-state index < -0.39 is 0 Å². The average molecular weight is 239 g/mol. The van der Waals surface area contributed by atoms with Gasteiger partial charge in [-0.05, 0) is 10.1 Å². The normalized spacial score (nSPS) is 2.00. The van der Waals surface area contributed by atoms with Crippen LogP contribution in [0.15, 0.2) is 0 Å². The second-order valence-electron chi connectivity index (χ2n) is 0. The van der Waals surface area contributed by atoms with Crippen LogP contribution in [0.3, 0.4) is 0 Å². The second kappa shape index (κ2) is 23.0. The van der Waals surface area contributed by atoms with Crippen molar-refractivity contribution in [3.05, 3.63) is 0 Å². The summed E-state index contributed by atoms with van der Waals surface area (Å²) in [5, 5.41) is 0. The molecule has 4 heteroatoms. The van der Waals surface area contributed by atoms with Gasteiger partial charge in [-0.3, -0.25) is 0 Å². The zero-order valence-electron chi connectivity index (χ0n) is 2.28. The Morgan fingerprint density at radius 2 is 1.25 bits per heavy atom. The molecule has 0 aromatic rings. The van der Waals surface area contributed by atoms with Crippen LogP contribution in [0.5, 0.6) is 0 Å². The SMILES string of the molecule is [B][SiH3].[GeH4].[SnH2]. The van der Waals surface area contributed by atoms with Gasteiger partial charge in [-0.1, -0.05) is 0 Å². The van der Waals surface area contributed by atoms with Crippen LogP contribution >= 0.6 is 0 Å². The van der Waals surface area contributed by atoms with Gasteiger partial charge in [0.25, 0.3) is 0 Å². The van der Waals surface area contributed by atoms with E-state index in [2.05, 4.69) is 7.44 Å². The molecule has 0 unspecified atom stereocenters. The van der Waals surface area contributed by atoms with Crippen molar-refractivity contribution in [2.24, 2.45) is 0 Å². The fourth-order valence-corrected chi connectivity index (χ4v) is 0. The Morgan fingerprint density at radius 1 is 1.25 bits per heavy atom. The average Bonchev–Trinajstić information content (AvgIpc) is 1.00. The van der Waals surface area contributed by atoms with Crippen LogP contribution in [0.1, 0.15) is 0 Å². The van der Waals surface area contributed by atoms with Gasteiger partial charge in [0.15, 0.2) is 0 Å². The molecule has 0 spiro atoms. The van der Waals surface area contributed by atoms with Crippen molar-refractivity contribution in [3.63, 3.8) is 0 Å². The first-order chi connectivity index (χ1) is 1.00. The number of rotatable bonds is 0. The molecular weight excluding hydrogens is 230 g/mol. The van der Waals surface area contributed by atoms with E-state index in [-0.39, 0.29) is 41.5 Å². The van der Waals surface area contributed by atoms with Crippen molar-refractivity contribution in [1.82, 2.24) is 0 Å². The molecule has 0 nitrogen and oxygen atoms in total. The summed E-state index contributed by atoms with van der Waals surface area (Å²) < 4.78 is 0. The molecule has 0 aliphatic rings. The Balaban J connectivity index is -0.00000000500. The van der Waals surface area contributed by atoms with Gasteiger partial charge in [0.1, 0.15) is 0 Å². The molecule has 4 heavy (non-hydrogen) atoms. The fourth-order valence-electron chi connectivity index (χ4n) is 0. The van der Waals surface area contributed by atoms with E-state index in [0.717, 1.165) is 10.1 Å². The zero-order chi connectivity index (χ0) is 2.00. The van der Waals surface area contributed by atoms with Crippen molar-refractivity contribution in [1.29, 1.82) is 0 Å². The number of hydrogen-bond donors (Lipinski definition) is 0. The third-order valence-corrected chi connectivity index (χ3v) is 0. The van der Waals surface area contributed by atoms with Gasteiger partial charge >= 0.3 is 41.5 Å². The Hall–Kier alpha value is 1.62. The van der Waals surface area contributed by atoms with Gasteiger partial charge in [-0.15, -0.1) is 0 Å². The molecule has 0 bridgehead atoms. The molecule has 0 saturated heterocycles. The van der Waals surface area contributed by atoms with E-state index in [1.807, 2.05) is 0 Å². The van der Waals surface area contributed by atoms with Gasteiger partial charge in [-0.2, -0.15) is 0 Å². The van der Waals surface area contributed by atoms with Crippen LogP contribution in [0.4, 0.5) is 0 Å². The summed E-state index contributed by atoms with van der Waals surface area (Å²) in [7, 11) is 5.44. The first-order valence-electron chi connectivity index (χ1n) is 0.577. The third kappa shape index (κ3) is 9.46. The van der Waals surface area contributed by atoms with Crippen LogP contribution < -0.4 is 0 Å². The van der Waals surface area contributed by atoms with Gasteiger partial charge in [0, 0.05) is 7.44 Å². The van der Waals surface area contributed by atoms with Gasteiger partial charge in [0.05, 0.1) is 0 Å². The molecule has 0 aromatic heterocycles. The Bertz CT molecular complexity index is 8.00. The topological polar surface area (TPSA) is 0 Å². The summed E-state index contributed by atoms with van der Waals surface area (Å²) in [4.78, 5) is 0. The minimum absolute atomic E-state index is 0. The Labute approximate surface area is 58.8 Å². The monoisotopic (exact) mass is 242 g/mol.